The molecule has 0 aromatic heterocycles. The summed E-state index contributed by atoms with van der Waals surface area (Å²) >= 11 is 6.57. The van der Waals surface area contributed by atoms with Gasteiger partial charge in [-0.25, -0.2) is 12.2 Å². The Labute approximate surface area is 175 Å². The number of hydrogen-bond donors (Lipinski definition) is 0. The Morgan fingerprint density at radius 1 is 1.32 bits per heavy atom. The van der Waals surface area contributed by atoms with Crippen LogP contribution in [0.3, 0.4) is 0 Å². The van der Waals surface area contributed by atoms with Gasteiger partial charge in [0.2, 0.25) is 0 Å². The molecule has 3 aliphatic rings. The summed E-state index contributed by atoms with van der Waals surface area (Å²) in [5.74, 6) is 0. The predicted molar refractivity (Wildman–Crippen MR) is 90.7 cm³/mol. The number of thioether (sulfide) groups is 1. The van der Waals surface area contributed by atoms with Crippen LogP contribution in [0.15, 0.2) is 47.4 Å². The van der Waals surface area contributed by atoms with Gasteiger partial charge in [-0.15, -0.1) is 59.7 Å². The molecule has 22 heavy (non-hydrogen) atoms. The van der Waals surface area contributed by atoms with E-state index in [-0.39, 0.29) is 24.8 Å². The quantitative estimate of drug-likeness (QED) is 0.347. The van der Waals surface area contributed by atoms with E-state index in [1.165, 1.54) is 21.6 Å². The molecular weight excluding hydrogens is 498 g/mol. The molecule has 2 aliphatic carbocycles. The van der Waals surface area contributed by atoms with Gasteiger partial charge in [0.05, 0.1) is 4.16 Å². The Morgan fingerprint density at radius 3 is 2.68 bits per heavy atom. The van der Waals surface area contributed by atoms with Gasteiger partial charge in [-0.1, -0.05) is 27.6 Å². The van der Waals surface area contributed by atoms with Crippen LogP contribution in [0.25, 0.3) is 11.6 Å². The summed E-state index contributed by atoms with van der Waals surface area (Å²) in [5, 5.41) is 0. The summed E-state index contributed by atoms with van der Waals surface area (Å²) < 4.78 is 0.446. The summed E-state index contributed by atoms with van der Waals surface area (Å²) in [4.78, 5) is 1.37. The van der Waals surface area contributed by atoms with Crippen molar-refractivity contribution >= 4 is 48.2 Å². The van der Waals surface area contributed by atoms with E-state index in [0.717, 1.165) is 29.1 Å². The van der Waals surface area contributed by atoms with Gasteiger partial charge in [-0.2, -0.15) is 6.08 Å². The SMILES string of the molecule is BrC1C=C2C(=Cc3[c-]cccc32)S1.[C-]1=CC=CC1.[Cl-].[Cl-].[S]=[Zr+2]. The van der Waals surface area contributed by atoms with Crippen molar-refractivity contribution in [1.82, 2.24) is 0 Å². The molecule has 1 aromatic rings. The molecule has 0 radical (unpaired) electrons. The summed E-state index contributed by atoms with van der Waals surface area (Å²) in [5.41, 5.74) is 3.93. The van der Waals surface area contributed by atoms with E-state index in [1.54, 1.807) is 0 Å². The zero-order valence-electron chi connectivity index (χ0n) is 11.4. The standard InChI is InChI=1S/C11H6BrS.C5H5.2ClH.S.Zr/c12-11-6-9-8-4-2-1-3-7(8)5-10(9)13-11;1-2-4-5-3-1;;;;/h1-2,4-6,11H;1-3H,4H2;2*1H;;/q2*-1;;;;+2/p-2. The van der Waals surface area contributed by atoms with E-state index in [0.29, 0.717) is 4.16 Å². The number of benzene rings is 1. The third-order valence-electron chi connectivity index (χ3n) is 2.84. The van der Waals surface area contributed by atoms with Crippen molar-refractivity contribution in [1.29, 1.82) is 0 Å². The molecular formula is C16H11BrCl2S2Zr-2. The van der Waals surface area contributed by atoms with E-state index in [4.69, 9.17) is 0 Å². The van der Waals surface area contributed by atoms with E-state index in [9.17, 15) is 0 Å². The van der Waals surface area contributed by atoms with Gasteiger partial charge >= 0.3 is 31.5 Å². The molecule has 0 saturated heterocycles. The summed E-state index contributed by atoms with van der Waals surface area (Å²) in [6.07, 6.45) is 14.5. The maximum absolute atomic E-state index is 4.17. The fraction of sp³-hybridized carbons (Fsp3) is 0.125. The number of fused-ring (bicyclic) bond motifs is 3. The molecule has 0 spiro atoms. The molecule has 0 amide bonds. The zero-order valence-corrected chi connectivity index (χ0v) is 18.5. The number of alkyl halides is 1. The predicted octanol–water partition coefficient (Wildman–Crippen LogP) is -0.348. The first-order chi connectivity index (χ1) is 9.84. The van der Waals surface area contributed by atoms with Crippen LogP contribution in [0.5, 0.6) is 0 Å². The van der Waals surface area contributed by atoms with E-state index >= 15 is 0 Å². The minimum atomic E-state index is 0. The van der Waals surface area contributed by atoms with Crippen molar-refractivity contribution in [2.75, 3.05) is 0 Å². The third kappa shape index (κ3) is 5.96. The summed E-state index contributed by atoms with van der Waals surface area (Å²) in [7, 11) is 4.17. The normalized spacial score (nSPS) is 18.2. The Morgan fingerprint density at radius 2 is 2.09 bits per heavy atom. The van der Waals surface area contributed by atoms with Crippen molar-refractivity contribution in [3.8, 4) is 0 Å². The van der Waals surface area contributed by atoms with Crippen LogP contribution in [-0.4, -0.2) is 4.16 Å². The maximum atomic E-state index is 4.17. The molecule has 1 aliphatic heterocycles. The monoisotopic (exact) mass is 506 g/mol. The number of hydrogen-bond acceptors (Lipinski definition) is 2. The first kappa shape index (κ1) is 22.7. The number of rotatable bonds is 0. The second-order valence-corrected chi connectivity index (χ2v) is 6.83. The Balaban J connectivity index is 0.000000422. The topological polar surface area (TPSA) is 0 Å². The molecule has 1 unspecified atom stereocenters. The second kappa shape index (κ2) is 12.1. The second-order valence-electron chi connectivity index (χ2n) is 4.06. The van der Waals surface area contributed by atoms with E-state index in [2.05, 4.69) is 61.2 Å². The van der Waals surface area contributed by atoms with Gasteiger partial charge < -0.3 is 24.8 Å². The molecule has 0 N–H and O–H groups in total. The van der Waals surface area contributed by atoms with Gasteiger partial charge in [0.25, 0.3) is 0 Å². The first-order valence-electron chi connectivity index (χ1n) is 6.02. The fourth-order valence-electron chi connectivity index (χ4n) is 2.04. The Bertz CT molecular complexity index is 602. The average molecular weight is 509 g/mol. The van der Waals surface area contributed by atoms with Crippen LogP contribution < -0.4 is 24.8 Å². The van der Waals surface area contributed by atoms with Crippen molar-refractivity contribution in [2.24, 2.45) is 0 Å². The Kier molecular flexibility index (Phi) is 12.5. The van der Waals surface area contributed by atoms with Crippen LogP contribution in [0.1, 0.15) is 17.5 Å². The number of allylic oxidation sites excluding steroid dienone is 5. The molecule has 1 aromatic carbocycles. The van der Waals surface area contributed by atoms with Crippen LogP contribution in [0.2, 0.25) is 0 Å². The molecule has 1 heterocycles. The third-order valence-corrected chi connectivity index (χ3v) is 4.62. The molecule has 0 fully saturated rings. The minimum absolute atomic E-state index is 0. The van der Waals surface area contributed by atoms with Crippen LogP contribution in [0.4, 0.5) is 0 Å². The molecule has 4 rings (SSSR count). The van der Waals surface area contributed by atoms with Crippen LogP contribution in [-0.2, 0) is 22.7 Å². The van der Waals surface area contributed by atoms with Crippen molar-refractivity contribution < 1.29 is 47.5 Å². The summed E-state index contributed by atoms with van der Waals surface area (Å²) in [6, 6.07) is 9.42. The van der Waals surface area contributed by atoms with E-state index < -0.39 is 0 Å². The molecule has 0 bridgehead atoms. The average Bonchev–Trinajstić information content (AvgIpc) is 3.18. The molecule has 6 heteroatoms. The van der Waals surface area contributed by atoms with Crippen molar-refractivity contribution in [3.05, 3.63) is 70.7 Å². The van der Waals surface area contributed by atoms with Gasteiger partial charge in [-0.05, 0) is 4.91 Å². The van der Waals surface area contributed by atoms with Gasteiger partial charge in [0.1, 0.15) is 0 Å². The molecule has 1 atom stereocenters. The fourth-order valence-corrected chi connectivity index (χ4v) is 3.85. The van der Waals surface area contributed by atoms with E-state index in [1.807, 2.05) is 36.0 Å². The molecule has 114 valence electrons. The van der Waals surface area contributed by atoms with Crippen LogP contribution >= 0.6 is 36.5 Å². The van der Waals surface area contributed by atoms with Crippen molar-refractivity contribution in [2.45, 2.75) is 10.6 Å². The summed E-state index contributed by atoms with van der Waals surface area (Å²) in [6.45, 7) is 0. The van der Waals surface area contributed by atoms with Gasteiger partial charge in [0.15, 0.2) is 0 Å². The first-order valence-corrected chi connectivity index (χ1v) is 11.2. The van der Waals surface area contributed by atoms with Gasteiger partial charge in [-0.3, -0.25) is 6.08 Å². The van der Waals surface area contributed by atoms with Gasteiger partial charge in [0, 0.05) is 0 Å². The zero-order chi connectivity index (χ0) is 14.4. The van der Waals surface area contributed by atoms with Crippen molar-refractivity contribution in [3.63, 3.8) is 0 Å². The van der Waals surface area contributed by atoms with Crippen LogP contribution in [0, 0.1) is 12.1 Å². The molecule has 0 nitrogen and oxygen atoms in total. The molecule has 0 saturated carbocycles. The Hall–Kier alpha value is 0.693. The number of halogens is 3.